The molecule has 0 heterocycles. The van der Waals surface area contributed by atoms with Crippen LogP contribution < -0.4 is 15.3 Å². The lowest BCUT2D eigenvalue weighted by atomic mass is 10.2. The third-order valence-electron chi connectivity index (χ3n) is 2.13. The van der Waals surface area contributed by atoms with Crippen LogP contribution in [-0.2, 0) is 4.79 Å². The molecule has 0 saturated heterocycles. The maximum Gasteiger partial charge on any atom is 0.0715 e. The van der Waals surface area contributed by atoms with Crippen LogP contribution in [0.1, 0.15) is 20.7 Å². The normalized spacial score (nSPS) is 8.57. The third kappa shape index (κ3) is 10.5. The molecule has 0 spiro atoms. The average molecular weight is 336 g/mol. The lowest BCUT2D eigenvalue weighted by Crippen LogP contribution is -2.23. The molecular formula is C16H12ClO6-3. The molecule has 0 aliphatic rings. The molecule has 0 aromatic heterocycles. The first-order chi connectivity index (χ1) is 10.9. The number of halogens is 1. The average Bonchev–Trinajstić information content (AvgIpc) is 2.57. The van der Waals surface area contributed by atoms with E-state index in [1.54, 1.807) is 36.4 Å². The molecule has 2 rings (SSSR count). The zero-order chi connectivity index (χ0) is 17.7. The van der Waals surface area contributed by atoms with Gasteiger partial charge in [-0.3, -0.25) is 0 Å². The Morgan fingerprint density at radius 2 is 0.957 bits per heavy atom. The van der Waals surface area contributed by atoms with Gasteiger partial charge in [-0.25, -0.2) is 0 Å². The predicted octanol–water partition coefficient (Wildman–Crippen LogP) is -0.925. The monoisotopic (exact) mass is 335 g/mol. The first-order valence-electron chi connectivity index (χ1n) is 6.17. The van der Waals surface area contributed by atoms with Crippen LogP contribution in [0.2, 0.25) is 0 Å². The van der Waals surface area contributed by atoms with Crippen LogP contribution in [0, 0.1) is 0 Å². The lowest BCUT2D eigenvalue weighted by Gasteiger charge is -1.97. The quantitative estimate of drug-likeness (QED) is 0.668. The van der Waals surface area contributed by atoms with Gasteiger partial charge in [0.1, 0.15) is 0 Å². The summed E-state index contributed by atoms with van der Waals surface area (Å²) in [5.41, 5.74) is 0.440. The van der Waals surface area contributed by atoms with Gasteiger partial charge in [0.25, 0.3) is 0 Å². The number of hydrogen-bond acceptors (Lipinski definition) is 6. The van der Waals surface area contributed by atoms with Crippen LogP contribution in [0.15, 0.2) is 60.7 Å². The molecular weight excluding hydrogens is 324 g/mol. The van der Waals surface area contributed by atoms with Crippen LogP contribution in [-0.4, -0.2) is 23.8 Å². The number of carbonyl (C=O) groups is 3. The van der Waals surface area contributed by atoms with Gasteiger partial charge in [-0.2, -0.15) is 0 Å². The summed E-state index contributed by atoms with van der Waals surface area (Å²) < 4.78 is 0. The van der Waals surface area contributed by atoms with Crippen molar-refractivity contribution in [3.05, 3.63) is 71.8 Å². The molecule has 0 saturated carbocycles. The van der Waals surface area contributed by atoms with E-state index in [4.69, 9.17) is 9.90 Å². The summed E-state index contributed by atoms with van der Waals surface area (Å²) >= 11 is 4.67. The highest BCUT2D eigenvalue weighted by atomic mass is 35.5. The summed E-state index contributed by atoms with van der Waals surface area (Å²) in [6.07, 6.45) is 0. The summed E-state index contributed by atoms with van der Waals surface area (Å²) in [5.74, 6) is -3.90. The Morgan fingerprint density at radius 3 is 1.09 bits per heavy atom. The highest BCUT2D eigenvalue weighted by molar-refractivity contribution is 6.25. The molecule has 0 atom stereocenters. The number of hydrogen-bond donors (Lipinski definition) is 0. The maximum atomic E-state index is 10.1. The van der Waals surface area contributed by atoms with Crippen molar-refractivity contribution in [2.45, 2.75) is 0 Å². The van der Waals surface area contributed by atoms with Crippen molar-refractivity contribution in [3.8, 4) is 0 Å². The molecule has 7 heteroatoms. The van der Waals surface area contributed by atoms with Gasteiger partial charge in [0.15, 0.2) is 0 Å². The van der Waals surface area contributed by atoms with Gasteiger partial charge >= 0.3 is 0 Å². The minimum Gasteiger partial charge on any atom is -0.549 e. The number of aromatic carboxylic acids is 2. The number of carboxylic acids is 3. The van der Waals surface area contributed by atoms with Gasteiger partial charge in [-0.05, 0) is 11.1 Å². The molecule has 2 aromatic carbocycles. The Hall–Kier alpha value is -2.86. The minimum atomic E-state index is -1.23. The van der Waals surface area contributed by atoms with Crippen molar-refractivity contribution in [1.82, 2.24) is 0 Å². The molecule has 0 radical (unpaired) electrons. The SMILES string of the molecule is O=C([O-])CCl.O=C([O-])c1ccccc1.O=C([O-])c1ccccc1. The number of aliphatic carboxylic acids is 1. The number of carboxylic acid groups (broad SMARTS) is 3. The van der Waals surface area contributed by atoms with Crippen LogP contribution in [0.5, 0.6) is 0 Å². The van der Waals surface area contributed by atoms with Gasteiger partial charge in [-0.1, -0.05) is 60.7 Å². The topological polar surface area (TPSA) is 120 Å². The van der Waals surface area contributed by atoms with Gasteiger partial charge in [0.2, 0.25) is 0 Å². The van der Waals surface area contributed by atoms with Crippen molar-refractivity contribution < 1.29 is 29.7 Å². The van der Waals surface area contributed by atoms with Gasteiger partial charge in [0.05, 0.1) is 23.8 Å². The molecule has 2 aromatic rings. The zero-order valence-corrected chi connectivity index (χ0v) is 12.6. The Labute approximate surface area is 137 Å². The van der Waals surface area contributed by atoms with Crippen molar-refractivity contribution in [1.29, 1.82) is 0 Å². The van der Waals surface area contributed by atoms with E-state index in [2.05, 4.69) is 11.6 Å². The maximum absolute atomic E-state index is 10.1. The Balaban J connectivity index is 0.000000332. The largest absolute Gasteiger partial charge is 0.549 e. The van der Waals surface area contributed by atoms with Crippen LogP contribution in [0.4, 0.5) is 0 Å². The molecule has 0 amide bonds. The van der Waals surface area contributed by atoms with E-state index in [1.807, 2.05) is 0 Å². The molecule has 0 fully saturated rings. The first-order valence-corrected chi connectivity index (χ1v) is 6.70. The fraction of sp³-hybridized carbons (Fsp3) is 0.0625. The molecule has 0 unspecified atom stereocenters. The van der Waals surface area contributed by atoms with Crippen molar-refractivity contribution >= 4 is 29.5 Å². The second-order valence-corrected chi connectivity index (χ2v) is 4.08. The van der Waals surface area contributed by atoms with E-state index >= 15 is 0 Å². The molecule has 0 N–H and O–H groups in total. The summed E-state index contributed by atoms with van der Waals surface area (Å²) in [4.78, 5) is 29.3. The highest BCUT2D eigenvalue weighted by Crippen LogP contribution is 1.95. The first kappa shape index (κ1) is 20.1. The van der Waals surface area contributed by atoms with Crippen molar-refractivity contribution in [2.75, 3.05) is 5.88 Å². The molecule has 0 bridgehead atoms. The van der Waals surface area contributed by atoms with E-state index in [-0.39, 0.29) is 11.1 Å². The number of carbonyl (C=O) groups excluding carboxylic acids is 3. The van der Waals surface area contributed by atoms with E-state index in [1.165, 1.54) is 24.3 Å². The Kier molecular flexibility index (Phi) is 10.3. The zero-order valence-electron chi connectivity index (χ0n) is 11.8. The molecule has 23 heavy (non-hydrogen) atoms. The second kappa shape index (κ2) is 11.8. The lowest BCUT2D eigenvalue weighted by molar-refractivity contribution is -0.301. The molecule has 122 valence electrons. The van der Waals surface area contributed by atoms with Gasteiger partial charge in [0, 0.05) is 0 Å². The predicted molar refractivity (Wildman–Crippen MR) is 77.3 cm³/mol. The Morgan fingerprint density at radius 1 is 0.696 bits per heavy atom. The second-order valence-electron chi connectivity index (χ2n) is 3.81. The van der Waals surface area contributed by atoms with Crippen molar-refractivity contribution in [3.63, 3.8) is 0 Å². The van der Waals surface area contributed by atoms with Crippen LogP contribution in [0.3, 0.4) is 0 Å². The van der Waals surface area contributed by atoms with E-state index in [0.29, 0.717) is 0 Å². The molecule has 0 aliphatic carbocycles. The van der Waals surface area contributed by atoms with Crippen LogP contribution in [0.25, 0.3) is 0 Å². The molecule has 6 nitrogen and oxygen atoms in total. The van der Waals surface area contributed by atoms with Crippen molar-refractivity contribution in [2.24, 2.45) is 0 Å². The third-order valence-corrected chi connectivity index (χ3v) is 2.35. The highest BCUT2D eigenvalue weighted by Gasteiger charge is 1.86. The summed E-state index contributed by atoms with van der Waals surface area (Å²) in [7, 11) is 0. The number of benzene rings is 2. The fourth-order valence-corrected chi connectivity index (χ4v) is 1.15. The number of alkyl halides is 1. The van der Waals surface area contributed by atoms with E-state index < -0.39 is 23.8 Å². The Bertz CT molecular complexity index is 563. The van der Waals surface area contributed by atoms with Gasteiger partial charge in [-0.15, -0.1) is 11.6 Å². The van der Waals surface area contributed by atoms with E-state index in [9.17, 15) is 19.8 Å². The summed E-state index contributed by atoms with van der Waals surface area (Å²) in [6, 6.07) is 16.1. The number of rotatable bonds is 3. The van der Waals surface area contributed by atoms with Gasteiger partial charge < -0.3 is 29.7 Å². The summed E-state index contributed by atoms with van der Waals surface area (Å²) in [5, 5.41) is 29.3. The minimum absolute atomic E-state index is 0.220. The van der Waals surface area contributed by atoms with Crippen LogP contribution >= 0.6 is 11.6 Å². The fourth-order valence-electron chi connectivity index (χ4n) is 1.15. The summed E-state index contributed by atoms with van der Waals surface area (Å²) in [6.45, 7) is 0. The van der Waals surface area contributed by atoms with E-state index in [0.717, 1.165) is 0 Å². The molecule has 0 aliphatic heterocycles. The standard InChI is InChI=1S/2C7H6O2.C2H3ClO2/c2*8-7(9)6-4-2-1-3-5-6;3-1-2(4)5/h2*1-5H,(H,8,9);1H2,(H,4,5)/p-3. The smallest absolute Gasteiger partial charge is 0.0715 e.